The average Bonchev–Trinajstić information content (AvgIpc) is 3.09. The summed E-state index contributed by atoms with van der Waals surface area (Å²) in [6.45, 7) is 0.649. The van der Waals surface area contributed by atoms with Crippen molar-refractivity contribution in [3.05, 3.63) is 33.4 Å². The van der Waals surface area contributed by atoms with Gasteiger partial charge in [0.1, 0.15) is 0 Å². The molecule has 1 aliphatic carbocycles. The van der Waals surface area contributed by atoms with Crippen LogP contribution >= 0.6 is 34.2 Å². The molecule has 0 aromatic heterocycles. The molecule has 16 heavy (non-hydrogen) atoms. The molecule has 2 nitrogen and oxygen atoms in total. The zero-order valence-electron chi connectivity index (χ0n) is 8.83. The molecule has 0 spiro atoms. The van der Waals surface area contributed by atoms with Crippen LogP contribution in [0.3, 0.4) is 0 Å². The van der Waals surface area contributed by atoms with E-state index in [0.29, 0.717) is 18.5 Å². The monoisotopic (exact) mass is 349 g/mol. The molecule has 0 heterocycles. The van der Waals surface area contributed by atoms with Gasteiger partial charge in [0.05, 0.1) is 0 Å². The first-order chi connectivity index (χ1) is 7.72. The van der Waals surface area contributed by atoms with E-state index in [-0.39, 0.29) is 5.91 Å². The van der Waals surface area contributed by atoms with E-state index >= 15 is 0 Å². The van der Waals surface area contributed by atoms with Crippen molar-refractivity contribution >= 4 is 40.1 Å². The Balaban J connectivity index is 2.15. The molecule has 0 saturated heterocycles. The minimum Gasteiger partial charge on any atom is -0.334 e. The summed E-state index contributed by atoms with van der Waals surface area (Å²) in [7, 11) is 0. The van der Waals surface area contributed by atoms with E-state index in [4.69, 9.17) is 11.6 Å². The highest BCUT2D eigenvalue weighted by atomic mass is 127. The third-order valence-corrected chi connectivity index (χ3v) is 3.49. The van der Waals surface area contributed by atoms with E-state index in [0.717, 1.165) is 22.0 Å². The zero-order chi connectivity index (χ0) is 11.5. The van der Waals surface area contributed by atoms with Crippen LogP contribution in [0.4, 0.5) is 0 Å². The second-order valence-electron chi connectivity index (χ2n) is 3.93. The lowest BCUT2D eigenvalue weighted by Gasteiger charge is -2.21. The molecule has 0 bridgehead atoms. The lowest BCUT2D eigenvalue weighted by Crippen LogP contribution is -2.34. The van der Waals surface area contributed by atoms with Crippen molar-refractivity contribution in [2.75, 3.05) is 12.4 Å². The first-order valence-electron chi connectivity index (χ1n) is 5.35. The molecule has 0 atom stereocenters. The van der Waals surface area contributed by atoms with Crippen molar-refractivity contribution in [3.8, 4) is 0 Å². The van der Waals surface area contributed by atoms with Gasteiger partial charge in [0.2, 0.25) is 0 Å². The topological polar surface area (TPSA) is 20.3 Å². The number of halogens is 2. The first kappa shape index (κ1) is 12.2. The molecule has 0 radical (unpaired) electrons. The van der Waals surface area contributed by atoms with Gasteiger partial charge in [0.25, 0.3) is 5.91 Å². The second kappa shape index (κ2) is 5.36. The summed E-state index contributed by atoms with van der Waals surface area (Å²) in [5.74, 6) is 0.619. The predicted molar refractivity (Wildman–Crippen MR) is 73.9 cm³/mol. The molecular weight excluding hydrogens is 336 g/mol. The van der Waals surface area contributed by atoms with Crippen LogP contribution in [0.25, 0.3) is 0 Å². The molecule has 1 amide bonds. The quantitative estimate of drug-likeness (QED) is 0.604. The zero-order valence-corrected chi connectivity index (χ0v) is 11.7. The maximum absolute atomic E-state index is 12.2. The van der Waals surface area contributed by atoms with Crippen molar-refractivity contribution in [2.24, 2.45) is 0 Å². The van der Waals surface area contributed by atoms with Crippen LogP contribution in [0.15, 0.2) is 24.3 Å². The van der Waals surface area contributed by atoms with Crippen LogP contribution < -0.4 is 0 Å². The highest BCUT2D eigenvalue weighted by Gasteiger charge is 2.32. The number of benzene rings is 1. The molecule has 1 aromatic carbocycles. The van der Waals surface area contributed by atoms with Crippen molar-refractivity contribution in [2.45, 2.75) is 18.9 Å². The molecule has 1 saturated carbocycles. The number of carbonyl (C=O) groups excluding carboxylic acids is 1. The van der Waals surface area contributed by atoms with Crippen molar-refractivity contribution in [1.82, 2.24) is 4.90 Å². The van der Waals surface area contributed by atoms with E-state index in [1.807, 2.05) is 29.2 Å². The van der Waals surface area contributed by atoms with Gasteiger partial charge >= 0.3 is 0 Å². The normalized spacial score (nSPS) is 14.9. The lowest BCUT2D eigenvalue weighted by molar-refractivity contribution is 0.0753. The number of rotatable bonds is 4. The van der Waals surface area contributed by atoms with E-state index in [2.05, 4.69) is 22.6 Å². The summed E-state index contributed by atoms with van der Waals surface area (Å²) >= 11 is 7.96. The molecule has 1 fully saturated rings. The Labute approximate surface area is 114 Å². The Bertz CT molecular complexity index is 392. The van der Waals surface area contributed by atoms with Crippen molar-refractivity contribution < 1.29 is 4.79 Å². The highest BCUT2D eigenvalue weighted by Crippen LogP contribution is 2.28. The maximum atomic E-state index is 12.2. The molecular formula is C12H13ClINO. The highest BCUT2D eigenvalue weighted by molar-refractivity contribution is 14.1. The fourth-order valence-electron chi connectivity index (χ4n) is 1.71. The maximum Gasteiger partial charge on any atom is 0.254 e. The summed E-state index contributed by atoms with van der Waals surface area (Å²) in [5.41, 5.74) is 0.768. The predicted octanol–water partition coefficient (Wildman–Crippen LogP) is 3.13. The first-order valence-corrected chi connectivity index (χ1v) is 6.96. The largest absolute Gasteiger partial charge is 0.334 e. The number of amides is 1. The third-order valence-electron chi connectivity index (χ3n) is 2.65. The molecule has 0 unspecified atom stereocenters. The van der Waals surface area contributed by atoms with Gasteiger partial charge in [0.15, 0.2) is 0 Å². The molecule has 0 N–H and O–H groups in total. The molecule has 0 aliphatic heterocycles. The standard InChI is InChI=1S/C12H13ClINO/c13-6-7-15(11-4-5-11)12(16)9-2-1-3-10(14)8-9/h1-3,8,11H,4-7H2. The Morgan fingerprint density at radius 3 is 2.81 bits per heavy atom. The van der Waals surface area contributed by atoms with Gasteiger partial charge < -0.3 is 4.90 Å². The van der Waals surface area contributed by atoms with Crippen LogP contribution in [0.1, 0.15) is 23.2 Å². The van der Waals surface area contributed by atoms with Crippen LogP contribution in [-0.4, -0.2) is 29.3 Å². The van der Waals surface area contributed by atoms with E-state index < -0.39 is 0 Å². The summed E-state index contributed by atoms with van der Waals surface area (Å²) in [6, 6.07) is 8.12. The second-order valence-corrected chi connectivity index (χ2v) is 5.55. The van der Waals surface area contributed by atoms with Gasteiger partial charge in [0, 0.05) is 27.6 Å². The number of carbonyl (C=O) groups is 1. The van der Waals surface area contributed by atoms with Crippen LogP contribution in [-0.2, 0) is 0 Å². The van der Waals surface area contributed by atoms with E-state index in [1.54, 1.807) is 0 Å². The van der Waals surface area contributed by atoms with Crippen LogP contribution in [0.2, 0.25) is 0 Å². The number of hydrogen-bond acceptors (Lipinski definition) is 1. The Hall–Kier alpha value is -0.290. The smallest absolute Gasteiger partial charge is 0.254 e. The van der Waals surface area contributed by atoms with Gasteiger partial charge in [-0.3, -0.25) is 4.79 Å². The SMILES string of the molecule is O=C(c1cccc(I)c1)N(CCCl)C1CC1. The Kier molecular flexibility index (Phi) is 4.08. The summed E-state index contributed by atoms with van der Waals surface area (Å²) < 4.78 is 1.09. The minimum absolute atomic E-state index is 0.113. The number of nitrogens with zero attached hydrogens (tertiary/aromatic N) is 1. The summed E-state index contributed by atoms with van der Waals surface area (Å²) in [5, 5.41) is 0. The fourth-order valence-corrected chi connectivity index (χ4v) is 2.44. The average molecular weight is 350 g/mol. The van der Waals surface area contributed by atoms with E-state index in [9.17, 15) is 4.79 Å². The molecule has 86 valence electrons. The van der Waals surface area contributed by atoms with Crippen LogP contribution in [0.5, 0.6) is 0 Å². The molecule has 4 heteroatoms. The van der Waals surface area contributed by atoms with Crippen molar-refractivity contribution in [3.63, 3.8) is 0 Å². The number of hydrogen-bond donors (Lipinski definition) is 0. The van der Waals surface area contributed by atoms with Gasteiger partial charge in [-0.2, -0.15) is 0 Å². The Morgan fingerprint density at radius 2 is 2.25 bits per heavy atom. The summed E-state index contributed by atoms with van der Waals surface area (Å²) in [4.78, 5) is 14.1. The van der Waals surface area contributed by atoms with Gasteiger partial charge in [-0.1, -0.05) is 6.07 Å². The molecule has 1 aliphatic rings. The van der Waals surface area contributed by atoms with Gasteiger partial charge in [-0.25, -0.2) is 0 Å². The minimum atomic E-state index is 0.113. The summed E-state index contributed by atoms with van der Waals surface area (Å²) in [6.07, 6.45) is 2.24. The molecule has 2 rings (SSSR count). The van der Waals surface area contributed by atoms with Crippen molar-refractivity contribution in [1.29, 1.82) is 0 Å². The van der Waals surface area contributed by atoms with E-state index in [1.165, 1.54) is 0 Å². The third kappa shape index (κ3) is 2.88. The van der Waals surface area contributed by atoms with Gasteiger partial charge in [-0.15, -0.1) is 11.6 Å². The molecule has 1 aromatic rings. The van der Waals surface area contributed by atoms with Crippen LogP contribution in [0, 0.1) is 3.57 Å². The fraction of sp³-hybridized carbons (Fsp3) is 0.417. The number of alkyl halides is 1. The lowest BCUT2D eigenvalue weighted by atomic mass is 10.2. The van der Waals surface area contributed by atoms with Gasteiger partial charge in [-0.05, 0) is 53.6 Å². The Morgan fingerprint density at radius 1 is 1.50 bits per heavy atom.